The highest BCUT2D eigenvalue weighted by molar-refractivity contribution is 5.91. The molecular weight excluding hydrogens is 368 g/mol. The van der Waals surface area contributed by atoms with Gasteiger partial charge in [-0.1, -0.05) is 12.1 Å². The van der Waals surface area contributed by atoms with E-state index in [1.165, 1.54) is 0 Å². The van der Waals surface area contributed by atoms with E-state index in [-0.39, 0.29) is 36.1 Å². The number of amides is 2. The molecular formula is C23H28N2O4. The van der Waals surface area contributed by atoms with E-state index in [4.69, 9.17) is 15.2 Å². The fraction of sp³-hybridized carbons (Fsp3) is 0.652. The van der Waals surface area contributed by atoms with E-state index in [1.54, 1.807) is 0 Å². The zero-order valence-electron chi connectivity index (χ0n) is 17.0. The number of carbonyl (C=O) groups excluding carboxylic acids is 2. The molecule has 2 N–H and O–H groups in total. The van der Waals surface area contributed by atoms with E-state index in [0.717, 1.165) is 49.2 Å². The fourth-order valence-electron chi connectivity index (χ4n) is 7.62. The number of carbonyl (C=O) groups is 2. The van der Waals surface area contributed by atoms with Gasteiger partial charge in [-0.25, -0.2) is 0 Å². The molecule has 29 heavy (non-hydrogen) atoms. The van der Waals surface area contributed by atoms with Crippen LogP contribution < -0.4 is 15.2 Å². The van der Waals surface area contributed by atoms with Crippen molar-refractivity contribution < 1.29 is 19.1 Å². The molecule has 6 nitrogen and oxygen atoms in total. The van der Waals surface area contributed by atoms with Crippen molar-refractivity contribution in [1.82, 2.24) is 4.90 Å². The fourth-order valence-corrected chi connectivity index (χ4v) is 7.62. The summed E-state index contributed by atoms with van der Waals surface area (Å²) in [6, 6.07) is 6.14. The van der Waals surface area contributed by atoms with Gasteiger partial charge in [0.25, 0.3) is 0 Å². The van der Waals surface area contributed by atoms with Gasteiger partial charge < -0.3 is 20.1 Å². The van der Waals surface area contributed by atoms with Crippen LogP contribution in [0.4, 0.5) is 0 Å². The summed E-state index contributed by atoms with van der Waals surface area (Å²) < 4.78 is 11.4. The van der Waals surface area contributed by atoms with Crippen LogP contribution in [0.1, 0.15) is 57.6 Å². The van der Waals surface area contributed by atoms with Gasteiger partial charge in [-0.2, -0.15) is 0 Å². The quantitative estimate of drug-likeness (QED) is 0.797. The van der Waals surface area contributed by atoms with Crippen LogP contribution in [0.2, 0.25) is 0 Å². The standard InChI is InChI=1S/C23H28N2O4/c1-22(2)19(15-4-3-5-16-18(15)29-11-28-16)25(21(22)27)17-13-6-12-7-14(17)10-23(8-12,9-13)20(24)26/h3-5,12-14,17,19H,6-11H2,1-2H3,(H2,24,26)/t12?,13?,14?,17-,19?,23-. The van der Waals surface area contributed by atoms with Crippen LogP contribution in [0.25, 0.3) is 0 Å². The second-order valence-electron chi connectivity index (χ2n) is 10.5. The molecule has 2 aliphatic heterocycles. The van der Waals surface area contributed by atoms with Crippen molar-refractivity contribution in [3.05, 3.63) is 23.8 Å². The van der Waals surface area contributed by atoms with E-state index in [9.17, 15) is 9.59 Å². The number of hydrogen-bond donors (Lipinski definition) is 1. The van der Waals surface area contributed by atoms with Crippen LogP contribution in [0, 0.1) is 28.6 Å². The van der Waals surface area contributed by atoms with Crippen molar-refractivity contribution >= 4 is 11.8 Å². The molecule has 4 saturated carbocycles. The maximum Gasteiger partial charge on any atom is 0.231 e. The number of hydrogen-bond acceptors (Lipinski definition) is 4. The number of para-hydroxylation sites is 1. The maximum atomic E-state index is 13.4. The maximum absolute atomic E-state index is 13.4. The van der Waals surface area contributed by atoms with Crippen LogP contribution in [-0.4, -0.2) is 29.5 Å². The van der Waals surface area contributed by atoms with Crippen LogP contribution >= 0.6 is 0 Å². The lowest BCUT2D eigenvalue weighted by Crippen LogP contribution is -2.71. The minimum absolute atomic E-state index is 0.0290. The van der Waals surface area contributed by atoms with E-state index < -0.39 is 5.41 Å². The predicted octanol–water partition coefficient (Wildman–Crippen LogP) is 3.01. The van der Waals surface area contributed by atoms with Gasteiger partial charge in [0, 0.05) is 17.0 Å². The Balaban J connectivity index is 1.39. The number of likely N-dealkylation sites (tertiary alicyclic amines) is 1. The van der Waals surface area contributed by atoms with E-state index >= 15 is 0 Å². The summed E-state index contributed by atoms with van der Waals surface area (Å²) in [6.45, 7) is 4.30. The topological polar surface area (TPSA) is 81.9 Å². The van der Waals surface area contributed by atoms with Crippen molar-refractivity contribution in [3.8, 4) is 11.5 Å². The molecule has 0 radical (unpaired) electrons. The summed E-state index contributed by atoms with van der Waals surface area (Å²) in [5, 5.41) is 0. The van der Waals surface area contributed by atoms with Crippen molar-refractivity contribution in [1.29, 1.82) is 0 Å². The molecule has 2 heterocycles. The molecule has 2 amide bonds. The molecule has 1 aromatic rings. The minimum atomic E-state index is -0.475. The molecule has 6 heteroatoms. The van der Waals surface area contributed by atoms with Gasteiger partial charge in [-0.05, 0) is 69.8 Å². The first-order chi connectivity index (χ1) is 13.8. The van der Waals surface area contributed by atoms with Gasteiger partial charge in [0.2, 0.25) is 18.6 Å². The molecule has 3 atom stereocenters. The highest BCUT2D eigenvalue weighted by Gasteiger charge is 2.65. The highest BCUT2D eigenvalue weighted by Crippen LogP contribution is 2.65. The first-order valence-corrected chi connectivity index (χ1v) is 10.8. The minimum Gasteiger partial charge on any atom is -0.454 e. The Morgan fingerprint density at radius 3 is 2.55 bits per heavy atom. The van der Waals surface area contributed by atoms with Gasteiger partial charge in [0.05, 0.1) is 11.5 Å². The zero-order chi connectivity index (χ0) is 20.1. The molecule has 1 aromatic carbocycles. The summed E-state index contributed by atoms with van der Waals surface area (Å²) in [5.74, 6) is 2.93. The van der Waals surface area contributed by atoms with Gasteiger partial charge in [0.1, 0.15) is 0 Å². The van der Waals surface area contributed by atoms with Gasteiger partial charge >= 0.3 is 0 Å². The van der Waals surface area contributed by atoms with Crippen LogP contribution in [0.3, 0.4) is 0 Å². The van der Waals surface area contributed by atoms with E-state index in [0.29, 0.717) is 17.8 Å². The average Bonchev–Trinajstić information content (AvgIpc) is 3.15. The molecule has 3 unspecified atom stereocenters. The van der Waals surface area contributed by atoms with Crippen molar-refractivity contribution in [3.63, 3.8) is 0 Å². The Kier molecular flexibility index (Phi) is 3.32. The average molecular weight is 396 g/mol. The normalized spacial score (nSPS) is 40.8. The first kappa shape index (κ1) is 17.6. The summed E-state index contributed by atoms with van der Waals surface area (Å²) in [4.78, 5) is 27.8. The SMILES string of the molecule is CC1(C)C(=O)N([C@H]2C3CC4CC2C[C@](C(N)=O)(C4)C3)C1c1cccc2c1OCO2. The molecule has 4 bridgehead atoms. The summed E-state index contributed by atoms with van der Waals surface area (Å²) >= 11 is 0. The number of rotatable bonds is 3. The van der Waals surface area contributed by atoms with Crippen LogP contribution in [0.15, 0.2) is 18.2 Å². The molecule has 6 aliphatic rings. The Morgan fingerprint density at radius 2 is 1.86 bits per heavy atom. The lowest BCUT2D eigenvalue weighted by molar-refractivity contribution is -0.198. The number of nitrogens with zero attached hydrogens (tertiary/aromatic N) is 1. The predicted molar refractivity (Wildman–Crippen MR) is 105 cm³/mol. The molecule has 0 spiro atoms. The second kappa shape index (κ2) is 5.46. The van der Waals surface area contributed by atoms with Crippen LogP contribution in [-0.2, 0) is 9.59 Å². The number of benzene rings is 1. The third-order valence-electron chi connectivity index (χ3n) is 8.54. The Morgan fingerprint density at radius 1 is 1.14 bits per heavy atom. The molecule has 0 aromatic heterocycles. The molecule has 5 fully saturated rings. The summed E-state index contributed by atoms with van der Waals surface area (Å²) in [5.41, 5.74) is 6.09. The highest BCUT2D eigenvalue weighted by atomic mass is 16.7. The number of fused-ring (bicyclic) bond motifs is 1. The smallest absolute Gasteiger partial charge is 0.231 e. The van der Waals surface area contributed by atoms with Gasteiger partial charge in [-0.15, -0.1) is 0 Å². The second-order valence-corrected chi connectivity index (χ2v) is 10.5. The van der Waals surface area contributed by atoms with Crippen LogP contribution in [0.5, 0.6) is 11.5 Å². The van der Waals surface area contributed by atoms with Gasteiger partial charge in [-0.3, -0.25) is 9.59 Å². The van der Waals surface area contributed by atoms with Crippen molar-refractivity contribution in [2.45, 2.75) is 58.0 Å². The summed E-state index contributed by atoms with van der Waals surface area (Å²) in [6.07, 6.45) is 4.84. The lowest BCUT2D eigenvalue weighted by atomic mass is 9.46. The molecule has 4 aliphatic carbocycles. The zero-order valence-corrected chi connectivity index (χ0v) is 17.0. The number of primary amides is 1. The number of ether oxygens (including phenoxy) is 2. The largest absolute Gasteiger partial charge is 0.454 e. The van der Waals surface area contributed by atoms with E-state index in [1.807, 2.05) is 26.0 Å². The first-order valence-electron chi connectivity index (χ1n) is 10.8. The van der Waals surface area contributed by atoms with Crippen molar-refractivity contribution in [2.75, 3.05) is 6.79 Å². The Hall–Kier alpha value is -2.24. The van der Waals surface area contributed by atoms with E-state index in [2.05, 4.69) is 11.0 Å². The molecule has 154 valence electrons. The lowest BCUT2D eigenvalue weighted by Gasteiger charge is -2.66. The summed E-state index contributed by atoms with van der Waals surface area (Å²) in [7, 11) is 0. The Labute approximate surface area is 170 Å². The Bertz CT molecular complexity index is 909. The molecule has 1 saturated heterocycles. The number of nitrogens with two attached hydrogens (primary N) is 1. The monoisotopic (exact) mass is 396 g/mol. The molecule has 7 rings (SSSR count). The third kappa shape index (κ3) is 2.12. The van der Waals surface area contributed by atoms with Crippen molar-refractivity contribution in [2.24, 2.45) is 34.3 Å². The van der Waals surface area contributed by atoms with Gasteiger partial charge in [0.15, 0.2) is 11.5 Å². The third-order valence-corrected chi connectivity index (χ3v) is 8.54. The number of β-lactam (4-membered cyclic amide) rings is 1.